The van der Waals surface area contributed by atoms with E-state index in [1.165, 1.54) is 18.2 Å². The van der Waals surface area contributed by atoms with Crippen molar-refractivity contribution in [3.05, 3.63) is 69.2 Å². The highest BCUT2D eigenvalue weighted by Crippen LogP contribution is 2.28. The van der Waals surface area contributed by atoms with Gasteiger partial charge in [-0.05, 0) is 29.3 Å². The van der Waals surface area contributed by atoms with E-state index in [4.69, 9.17) is 23.2 Å². The molecule has 5 heteroatoms. The van der Waals surface area contributed by atoms with Gasteiger partial charge >= 0.3 is 0 Å². The van der Waals surface area contributed by atoms with Gasteiger partial charge in [0, 0.05) is 22.0 Å². The highest BCUT2D eigenvalue weighted by molar-refractivity contribution is 6.35. The second-order valence-corrected chi connectivity index (χ2v) is 5.27. The molecule has 0 radical (unpaired) electrons. The van der Waals surface area contributed by atoms with Crippen LogP contribution in [0.25, 0.3) is 0 Å². The van der Waals surface area contributed by atoms with Crippen LogP contribution in [-0.2, 0) is 6.42 Å². The quantitative estimate of drug-likeness (QED) is 0.821. The van der Waals surface area contributed by atoms with Crippen LogP contribution < -0.4 is 0 Å². The van der Waals surface area contributed by atoms with Crippen LogP contribution >= 0.6 is 23.2 Å². The van der Waals surface area contributed by atoms with E-state index in [1.54, 1.807) is 24.3 Å². The van der Waals surface area contributed by atoms with E-state index in [2.05, 4.69) is 0 Å². The van der Waals surface area contributed by atoms with Gasteiger partial charge < -0.3 is 5.11 Å². The molecule has 2 aromatic carbocycles. The Morgan fingerprint density at radius 3 is 2.35 bits per heavy atom. The molecule has 0 bridgehead atoms. The lowest BCUT2D eigenvalue weighted by Gasteiger charge is -2.13. The molecule has 2 aromatic rings. The first-order valence-corrected chi connectivity index (χ1v) is 6.73. The van der Waals surface area contributed by atoms with Crippen molar-refractivity contribution in [2.75, 3.05) is 0 Å². The summed E-state index contributed by atoms with van der Waals surface area (Å²) in [7, 11) is 0. The van der Waals surface area contributed by atoms with Gasteiger partial charge in [0.25, 0.3) is 6.43 Å². The fourth-order valence-electron chi connectivity index (χ4n) is 1.92. The van der Waals surface area contributed by atoms with Crippen molar-refractivity contribution in [3.63, 3.8) is 0 Å². The summed E-state index contributed by atoms with van der Waals surface area (Å²) in [6, 6.07) is 10.7. The van der Waals surface area contributed by atoms with Gasteiger partial charge in [-0.25, -0.2) is 8.78 Å². The van der Waals surface area contributed by atoms with Crippen LogP contribution in [0, 0.1) is 0 Å². The largest absolute Gasteiger partial charge is 0.388 e. The average Bonchev–Trinajstić information content (AvgIpc) is 2.42. The summed E-state index contributed by atoms with van der Waals surface area (Å²) < 4.78 is 25.3. The molecule has 1 unspecified atom stereocenters. The zero-order chi connectivity index (χ0) is 14.7. The molecule has 0 aliphatic rings. The highest BCUT2D eigenvalue weighted by Gasteiger charge is 2.14. The Bertz CT molecular complexity index is 602. The number of aliphatic hydroxyl groups excluding tert-OH is 1. The van der Waals surface area contributed by atoms with Gasteiger partial charge in [-0.15, -0.1) is 0 Å². The molecule has 0 aromatic heterocycles. The van der Waals surface area contributed by atoms with Crippen molar-refractivity contribution in [1.29, 1.82) is 0 Å². The van der Waals surface area contributed by atoms with Crippen molar-refractivity contribution in [2.45, 2.75) is 19.0 Å². The lowest BCUT2D eigenvalue weighted by molar-refractivity contribution is 0.149. The van der Waals surface area contributed by atoms with Crippen LogP contribution in [-0.4, -0.2) is 5.11 Å². The normalized spacial score (nSPS) is 12.7. The predicted octanol–water partition coefficient (Wildman–Crippen LogP) is 5.21. The van der Waals surface area contributed by atoms with Crippen LogP contribution in [0.1, 0.15) is 29.2 Å². The number of aliphatic hydroxyl groups is 1. The van der Waals surface area contributed by atoms with Crippen LogP contribution in [0.15, 0.2) is 42.5 Å². The standard InChI is InChI=1S/C15H12Cl2F2O/c16-12-5-4-9(13(17)8-12)7-14(20)10-2-1-3-11(6-10)15(18)19/h1-6,8,14-15,20H,7H2. The number of rotatable bonds is 4. The topological polar surface area (TPSA) is 20.2 Å². The van der Waals surface area contributed by atoms with E-state index in [0.29, 0.717) is 21.2 Å². The average molecular weight is 317 g/mol. The van der Waals surface area contributed by atoms with Gasteiger partial charge in [0.15, 0.2) is 0 Å². The number of hydrogen-bond donors (Lipinski definition) is 1. The van der Waals surface area contributed by atoms with Crippen LogP contribution in [0.2, 0.25) is 10.0 Å². The van der Waals surface area contributed by atoms with Crippen molar-refractivity contribution in [1.82, 2.24) is 0 Å². The second-order valence-electron chi connectivity index (χ2n) is 4.43. The molecule has 0 saturated heterocycles. The molecule has 1 atom stereocenters. The number of benzene rings is 2. The van der Waals surface area contributed by atoms with Gasteiger partial charge in [-0.2, -0.15) is 0 Å². The minimum Gasteiger partial charge on any atom is -0.388 e. The molecule has 20 heavy (non-hydrogen) atoms. The molecule has 0 saturated carbocycles. The van der Waals surface area contributed by atoms with Crippen LogP contribution in [0.5, 0.6) is 0 Å². The molecule has 0 fully saturated rings. The third-order valence-electron chi connectivity index (χ3n) is 2.98. The fraction of sp³-hybridized carbons (Fsp3) is 0.200. The maximum absolute atomic E-state index is 12.6. The third-order valence-corrected chi connectivity index (χ3v) is 3.56. The number of halogens is 4. The zero-order valence-corrected chi connectivity index (χ0v) is 11.9. The summed E-state index contributed by atoms with van der Waals surface area (Å²) >= 11 is 11.8. The molecule has 106 valence electrons. The van der Waals surface area contributed by atoms with E-state index >= 15 is 0 Å². The number of alkyl halides is 2. The summed E-state index contributed by atoms with van der Waals surface area (Å²) in [6.07, 6.45) is -3.21. The third kappa shape index (κ3) is 3.69. The Kier molecular flexibility index (Phi) is 4.97. The summed E-state index contributed by atoms with van der Waals surface area (Å²) in [4.78, 5) is 0. The molecule has 0 spiro atoms. The molecular formula is C15H12Cl2F2O. The summed E-state index contributed by atoms with van der Waals surface area (Å²) in [6.45, 7) is 0. The summed E-state index contributed by atoms with van der Waals surface area (Å²) in [5.74, 6) is 0. The molecule has 0 aliphatic heterocycles. The minimum absolute atomic E-state index is 0.108. The Balaban J connectivity index is 2.19. The van der Waals surface area contributed by atoms with Crippen molar-refractivity contribution in [3.8, 4) is 0 Å². The fourth-order valence-corrected chi connectivity index (χ4v) is 2.40. The molecule has 1 nitrogen and oxygen atoms in total. The van der Waals surface area contributed by atoms with E-state index in [0.717, 1.165) is 0 Å². The van der Waals surface area contributed by atoms with Gasteiger partial charge in [-0.1, -0.05) is 47.5 Å². The SMILES string of the molecule is OC(Cc1ccc(Cl)cc1Cl)c1cccc(C(F)F)c1. The van der Waals surface area contributed by atoms with Gasteiger partial charge in [0.05, 0.1) is 6.10 Å². The van der Waals surface area contributed by atoms with Gasteiger partial charge in [0.1, 0.15) is 0 Å². The Morgan fingerprint density at radius 2 is 1.70 bits per heavy atom. The maximum atomic E-state index is 12.6. The lowest BCUT2D eigenvalue weighted by atomic mass is 10.00. The van der Waals surface area contributed by atoms with Crippen molar-refractivity contribution < 1.29 is 13.9 Å². The van der Waals surface area contributed by atoms with Crippen LogP contribution in [0.3, 0.4) is 0 Å². The zero-order valence-electron chi connectivity index (χ0n) is 10.4. The summed E-state index contributed by atoms with van der Waals surface area (Å²) in [5.41, 5.74) is 1.04. The monoisotopic (exact) mass is 316 g/mol. The first-order valence-electron chi connectivity index (χ1n) is 5.97. The van der Waals surface area contributed by atoms with Crippen LogP contribution in [0.4, 0.5) is 8.78 Å². The molecule has 0 heterocycles. The Morgan fingerprint density at radius 1 is 1.00 bits per heavy atom. The lowest BCUT2D eigenvalue weighted by Crippen LogP contribution is -2.03. The van der Waals surface area contributed by atoms with Gasteiger partial charge in [0.2, 0.25) is 0 Å². The molecule has 1 N–H and O–H groups in total. The molecule has 0 aliphatic carbocycles. The summed E-state index contributed by atoms with van der Waals surface area (Å²) in [5, 5.41) is 11.1. The van der Waals surface area contributed by atoms with Crippen molar-refractivity contribution in [2.24, 2.45) is 0 Å². The van der Waals surface area contributed by atoms with Gasteiger partial charge in [-0.3, -0.25) is 0 Å². The second kappa shape index (κ2) is 6.53. The van der Waals surface area contributed by atoms with E-state index < -0.39 is 12.5 Å². The number of hydrogen-bond acceptors (Lipinski definition) is 1. The first kappa shape index (κ1) is 15.2. The maximum Gasteiger partial charge on any atom is 0.263 e. The van der Waals surface area contributed by atoms with E-state index in [-0.39, 0.29) is 12.0 Å². The molecule has 2 rings (SSSR count). The highest BCUT2D eigenvalue weighted by atomic mass is 35.5. The molecule has 0 amide bonds. The van der Waals surface area contributed by atoms with E-state index in [9.17, 15) is 13.9 Å². The predicted molar refractivity (Wildman–Crippen MR) is 76.5 cm³/mol. The smallest absolute Gasteiger partial charge is 0.263 e. The van der Waals surface area contributed by atoms with Crippen molar-refractivity contribution >= 4 is 23.2 Å². The first-order chi connectivity index (χ1) is 9.47. The minimum atomic E-state index is -2.55. The van der Waals surface area contributed by atoms with E-state index in [1.807, 2.05) is 0 Å². The Hall–Kier alpha value is -1.16. The molecular weight excluding hydrogens is 305 g/mol. The Labute approximate surface area is 125 Å².